The molecule has 0 N–H and O–H groups in total. The van der Waals surface area contributed by atoms with Crippen molar-refractivity contribution in [3.05, 3.63) is 23.8 Å². The molecule has 1 aromatic carbocycles. The van der Waals surface area contributed by atoms with Crippen LogP contribution in [-0.4, -0.2) is 85.3 Å². The maximum Gasteiger partial charge on any atom is 0.242 e. The number of imide groups is 1. The first-order valence-electron chi connectivity index (χ1n) is 9.52. The molecule has 3 rings (SSSR count). The van der Waals surface area contributed by atoms with E-state index in [0.29, 0.717) is 37.7 Å². The molecule has 0 aromatic heterocycles. The Bertz CT molecular complexity index is 800. The molecule has 0 saturated carbocycles. The fraction of sp³-hybridized carbons (Fsp3) is 0.500. The van der Waals surface area contributed by atoms with Gasteiger partial charge in [-0.15, -0.1) is 0 Å². The second kappa shape index (κ2) is 8.93. The summed E-state index contributed by atoms with van der Waals surface area (Å²) in [6, 6.07) is 5.32. The van der Waals surface area contributed by atoms with Gasteiger partial charge in [0, 0.05) is 50.7 Å². The Morgan fingerprint density at radius 1 is 0.897 bits per heavy atom. The molecule has 29 heavy (non-hydrogen) atoms. The van der Waals surface area contributed by atoms with Gasteiger partial charge in [0.15, 0.2) is 0 Å². The van der Waals surface area contributed by atoms with Crippen molar-refractivity contribution in [2.45, 2.75) is 19.3 Å². The second-order valence-corrected chi connectivity index (χ2v) is 6.99. The van der Waals surface area contributed by atoms with Crippen molar-refractivity contribution < 1.29 is 28.7 Å². The molecule has 2 aliphatic rings. The molecule has 9 heteroatoms. The fourth-order valence-electron chi connectivity index (χ4n) is 3.51. The number of benzene rings is 1. The van der Waals surface area contributed by atoms with E-state index in [0.717, 1.165) is 10.5 Å². The summed E-state index contributed by atoms with van der Waals surface area (Å²) in [6.07, 6.45) is 0.532. The Kier molecular flexibility index (Phi) is 6.36. The average Bonchev–Trinajstić information content (AvgIpc) is 3.06. The number of piperazine rings is 1. The third-order valence-electron chi connectivity index (χ3n) is 5.27. The van der Waals surface area contributed by atoms with Crippen LogP contribution in [0.3, 0.4) is 0 Å². The highest BCUT2D eigenvalue weighted by atomic mass is 16.5. The van der Waals surface area contributed by atoms with Crippen LogP contribution in [0.2, 0.25) is 0 Å². The molecule has 1 aromatic rings. The lowest BCUT2D eigenvalue weighted by Crippen LogP contribution is -2.53. The largest absolute Gasteiger partial charge is 0.497 e. The van der Waals surface area contributed by atoms with E-state index in [2.05, 4.69) is 0 Å². The number of hydrogen-bond acceptors (Lipinski definition) is 6. The van der Waals surface area contributed by atoms with Crippen molar-refractivity contribution in [1.82, 2.24) is 14.7 Å². The van der Waals surface area contributed by atoms with Gasteiger partial charge in [-0.2, -0.15) is 0 Å². The van der Waals surface area contributed by atoms with Crippen LogP contribution >= 0.6 is 0 Å². The lowest BCUT2D eigenvalue weighted by Gasteiger charge is -2.35. The molecule has 9 nitrogen and oxygen atoms in total. The molecule has 0 spiro atoms. The van der Waals surface area contributed by atoms with Gasteiger partial charge in [-0.05, 0) is 6.07 Å². The van der Waals surface area contributed by atoms with E-state index in [1.807, 2.05) is 0 Å². The van der Waals surface area contributed by atoms with Gasteiger partial charge in [0.1, 0.15) is 18.0 Å². The Hall–Kier alpha value is -3.10. The number of ether oxygens (including phenoxy) is 2. The van der Waals surface area contributed by atoms with E-state index in [9.17, 15) is 19.2 Å². The van der Waals surface area contributed by atoms with Crippen LogP contribution in [0.5, 0.6) is 11.5 Å². The van der Waals surface area contributed by atoms with Crippen molar-refractivity contribution in [3.63, 3.8) is 0 Å². The summed E-state index contributed by atoms with van der Waals surface area (Å²) < 4.78 is 10.5. The van der Waals surface area contributed by atoms with E-state index in [-0.39, 0.29) is 49.4 Å². The summed E-state index contributed by atoms with van der Waals surface area (Å²) in [5.74, 6) is 0.325. The van der Waals surface area contributed by atoms with Crippen molar-refractivity contribution in [2.75, 3.05) is 46.9 Å². The topological polar surface area (TPSA) is 96.5 Å². The van der Waals surface area contributed by atoms with Crippen LogP contribution in [-0.2, 0) is 25.6 Å². The summed E-state index contributed by atoms with van der Waals surface area (Å²) >= 11 is 0. The predicted molar refractivity (Wildman–Crippen MR) is 102 cm³/mol. The number of hydrogen-bond donors (Lipinski definition) is 0. The molecule has 2 fully saturated rings. The normalized spacial score (nSPS) is 17.0. The smallest absolute Gasteiger partial charge is 0.242 e. The Labute approximate surface area is 169 Å². The quantitative estimate of drug-likeness (QED) is 0.624. The van der Waals surface area contributed by atoms with Gasteiger partial charge in [0.25, 0.3) is 0 Å². The first-order chi connectivity index (χ1) is 13.9. The number of nitrogens with zero attached hydrogens (tertiary/aromatic N) is 3. The zero-order valence-corrected chi connectivity index (χ0v) is 16.7. The molecule has 156 valence electrons. The van der Waals surface area contributed by atoms with Crippen molar-refractivity contribution in [3.8, 4) is 11.5 Å². The van der Waals surface area contributed by atoms with Crippen LogP contribution < -0.4 is 9.47 Å². The number of likely N-dealkylation sites (tertiary alicyclic amines) is 1. The molecular weight excluding hydrogens is 378 g/mol. The third kappa shape index (κ3) is 4.67. The first-order valence-corrected chi connectivity index (χ1v) is 9.52. The summed E-state index contributed by atoms with van der Waals surface area (Å²) in [5, 5.41) is 0. The zero-order chi connectivity index (χ0) is 21.0. The van der Waals surface area contributed by atoms with Gasteiger partial charge in [0.05, 0.1) is 20.6 Å². The number of methoxy groups -OCH3 is 2. The molecule has 2 aliphatic heterocycles. The molecular formula is C20H25N3O6. The summed E-state index contributed by atoms with van der Waals surface area (Å²) in [6.45, 7) is 1.35. The third-order valence-corrected chi connectivity index (χ3v) is 5.27. The monoisotopic (exact) mass is 403 g/mol. The first kappa shape index (κ1) is 20.6. The molecule has 0 atom stereocenters. The zero-order valence-electron chi connectivity index (χ0n) is 16.7. The highest BCUT2D eigenvalue weighted by Gasteiger charge is 2.33. The van der Waals surface area contributed by atoms with Crippen LogP contribution in [0.4, 0.5) is 0 Å². The molecule has 0 radical (unpaired) electrons. The van der Waals surface area contributed by atoms with Crippen LogP contribution in [0, 0.1) is 0 Å². The van der Waals surface area contributed by atoms with Crippen molar-refractivity contribution in [2.24, 2.45) is 0 Å². The van der Waals surface area contributed by atoms with Gasteiger partial charge >= 0.3 is 0 Å². The Morgan fingerprint density at radius 2 is 1.48 bits per heavy atom. The van der Waals surface area contributed by atoms with E-state index in [4.69, 9.17) is 9.47 Å². The average molecular weight is 403 g/mol. The van der Waals surface area contributed by atoms with E-state index in [1.165, 1.54) is 0 Å². The summed E-state index contributed by atoms with van der Waals surface area (Å²) in [4.78, 5) is 52.7. The van der Waals surface area contributed by atoms with Crippen LogP contribution in [0.25, 0.3) is 0 Å². The minimum atomic E-state index is -0.300. The summed E-state index contributed by atoms with van der Waals surface area (Å²) in [7, 11) is 3.11. The van der Waals surface area contributed by atoms with E-state index >= 15 is 0 Å². The molecule has 0 aliphatic carbocycles. The maximum absolute atomic E-state index is 12.7. The lowest BCUT2D eigenvalue weighted by molar-refractivity contribution is -0.147. The minimum absolute atomic E-state index is 0.0505. The number of carbonyl (C=O) groups excluding carboxylic acids is 4. The van der Waals surface area contributed by atoms with Gasteiger partial charge in [-0.25, -0.2) is 0 Å². The molecule has 0 bridgehead atoms. The Balaban J connectivity index is 1.52. The van der Waals surface area contributed by atoms with Gasteiger partial charge in [0.2, 0.25) is 23.6 Å². The van der Waals surface area contributed by atoms with Gasteiger partial charge in [-0.3, -0.25) is 24.1 Å². The molecule has 0 unspecified atom stereocenters. The Morgan fingerprint density at radius 3 is 2.03 bits per heavy atom. The van der Waals surface area contributed by atoms with E-state index in [1.54, 1.807) is 42.2 Å². The van der Waals surface area contributed by atoms with Gasteiger partial charge < -0.3 is 19.3 Å². The molecule has 2 heterocycles. The lowest BCUT2D eigenvalue weighted by atomic mass is 10.1. The highest BCUT2D eigenvalue weighted by Crippen LogP contribution is 2.25. The predicted octanol–water partition coefficient (Wildman–Crippen LogP) is 0.0661. The summed E-state index contributed by atoms with van der Waals surface area (Å²) in [5.41, 5.74) is 0.767. The highest BCUT2D eigenvalue weighted by molar-refractivity contribution is 6.04. The number of carbonyl (C=O) groups is 4. The molecule has 2 saturated heterocycles. The molecule has 4 amide bonds. The van der Waals surface area contributed by atoms with Crippen LogP contribution in [0.1, 0.15) is 18.4 Å². The SMILES string of the molecule is COc1ccc(CC(=O)N2CCN(C(=O)CN3C(=O)CCC3=O)CC2)c(OC)c1. The van der Waals surface area contributed by atoms with E-state index < -0.39 is 0 Å². The second-order valence-electron chi connectivity index (χ2n) is 6.99. The minimum Gasteiger partial charge on any atom is -0.497 e. The number of rotatable bonds is 6. The van der Waals surface area contributed by atoms with Crippen LogP contribution in [0.15, 0.2) is 18.2 Å². The fourth-order valence-corrected chi connectivity index (χ4v) is 3.51. The van der Waals surface area contributed by atoms with Crippen molar-refractivity contribution in [1.29, 1.82) is 0 Å². The standard InChI is InChI=1S/C20H25N3O6/c1-28-15-4-3-14(16(12-15)29-2)11-19(26)21-7-9-22(10-8-21)20(27)13-23-17(24)5-6-18(23)25/h3-4,12H,5-11,13H2,1-2H3. The van der Waals surface area contributed by atoms with Gasteiger partial charge in [-0.1, -0.05) is 6.07 Å². The number of amides is 4. The van der Waals surface area contributed by atoms with Crippen molar-refractivity contribution >= 4 is 23.6 Å². The maximum atomic E-state index is 12.7.